The molecule has 2 rings (SSSR count). The average Bonchev–Trinajstić information content (AvgIpc) is 2.30. The van der Waals surface area contributed by atoms with Gasteiger partial charge in [-0.15, -0.1) is 0 Å². The van der Waals surface area contributed by atoms with E-state index in [1.54, 1.807) is 0 Å². The molecule has 1 atom stereocenters. The number of rotatable bonds is 2. The molecule has 1 aliphatic heterocycles. The van der Waals surface area contributed by atoms with E-state index in [-0.39, 0.29) is 0 Å². The van der Waals surface area contributed by atoms with Crippen LogP contribution in [0.2, 0.25) is 0 Å². The number of hydrogen-bond acceptors (Lipinski definition) is 4. The molecule has 1 aromatic heterocycles. The predicted molar refractivity (Wildman–Crippen MR) is 68.8 cm³/mol. The minimum Gasteiger partial charge on any atom is -0.336 e. The van der Waals surface area contributed by atoms with Crippen molar-refractivity contribution < 1.29 is 0 Å². The van der Waals surface area contributed by atoms with Crippen molar-refractivity contribution in [3.63, 3.8) is 0 Å². The maximum absolute atomic E-state index is 4.40. The van der Waals surface area contributed by atoms with Crippen LogP contribution in [0.5, 0.6) is 0 Å². The fourth-order valence-electron chi connectivity index (χ4n) is 1.59. The summed E-state index contributed by atoms with van der Waals surface area (Å²) < 4.78 is 0. The first-order valence-corrected chi connectivity index (χ1v) is 7.30. The number of hydrogen-bond donors (Lipinski definition) is 0. The van der Waals surface area contributed by atoms with E-state index >= 15 is 0 Å². The highest BCUT2D eigenvalue weighted by Crippen LogP contribution is 2.20. The minimum atomic E-state index is 0.540. The lowest BCUT2D eigenvalue weighted by Gasteiger charge is -2.32. The fraction of sp³-hybridized carbons (Fsp3) is 0.600. The summed E-state index contributed by atoms with van der Waals surface area (Å²) in [5, 5.41) is 0.818. The minimum absolute atomic E-state index is 0.540. The summed E-state index contributed by atoms with van der Waals surface area (Å²) in [6, 6.07) is 0.540. The molecule has 3 nitrogen and oxygen atoms in total. The van der Waals surface area contributed by atoms with E-state index in [1.807, 2.05) is 24.2 Å². The molecule has 0 spiro atoms. The molecule has 0 saturated carbocycles. The summed E-state index contributed by atoms with van der Waals surface area (Å²) in [6.45, 7) is 3.29. The predicted octanol–water partition coefficient (Wildman–Crippen LogP) is 2.31. The number of aromatic nitrogens is 2. The first kappa shape index (κ1) is 11.2. The second-order valence-electron chi connectivity index (χ2n) is 3.64. The van der Waals surface area contributed by atoms with Crippen molar-refractivity contribution >= 4 is 33.6 Å². The molecule has 0 radical (unpaired) electrons. The molecule has 0 aromatic carbocycles. The Morgan fingerprint density at radius 2 is 2.27 bits per heavy atom. The zero-order chi connectivity index (χ0) is 10.7. The van der Waals surface area contributed by atoms with Crippen LogP contribution in [-0.2, 0) is 5.33 Å². The second-order valence-corrected chi connectivity index (χ2v) is 5.35. The number of alkyl halides is 1. The molecule has 1 aliphatic rings. The van der Waals surface area contributed by atoms with Gasteiger partial charge in [-0.25, -0.2) is 9.97 Å². The summed E-state index contributed by atoms with van der Waals surface area (Å²) in [5.74, 6) is 3.21. The van der Waals surface area contributed by atoms with Crippen molar-refractivity contribution in [1.82, 2.24) is 9.97 Å². The summed E-state index contributed by atoms with van der Waals surface area (Å²) in [6.07, 6.45) is 3.79. The monoisotopic (exact) mass is 287 g/mol. The Bertz CT molecular complexity index is 317. The zero-order valence-corrected chi connectivity index (χ0v) is 11.1. The van der Waals surface area contributed by atoms with Crippen molar-refractivity contribution in [1.29, 1.82) is 0 Å². The fourth-order valence-corrected chi connectivity index (χ4v) is 2.89. The Balaban J connectivity index is 2.13. The Morgan fingerprint density at radius 3 is 2.87 bits per heavy atom. The van der Waals surface area contributed by atoms with Gasteiger partial charge in [0.1, 0.15) is 0 Å². The third-order valence-corrected chi connectivity index (χ3v) is 4.31. The largest absolute Gasteiger partial charge is 0.336 e. The molecule has 82 valence electrons. The molecular formula is C10H14BrN3S. The van der Waals surface area contributed by atoms with Gasteiger partial charge in [0, 0.05) is 41.8 Å². The van der Waals surface area contributed by atoms with E-state index in [2.05, 4.69) is 37.7 Å². The van der Waals surface area contributed by atoms with Crippen molar-refractivity contribution in [2.75, 3.05) is 23.0 Å². The Labute approximate surface area is 103 Å². The van der Waals surface area contributed by atoms with Gasteiger partial charge in [0.05, 0.1) is 0 Å². The molecule has 0 bridgehead atoms. The van der Waals surface area contributed by atoms with Crippen LogP contribution >= 0.6 is 27.7 Å². The number of halogens is 1. The van der Waals surface area contributed by atoms with Gasteiger partial charge in [-0.1, -0.05) is 15.9 Å². The second kappa shape index (κ2) is 5.16. The summed E-state index contributed by atoms with van der Waals surface area (Å²) in [7, 11) is 0. The van der Waals surface area contributed by atoms with Crippen LogP contribution < -0.4 is 4.90 Å². The number of anilines is 1. The highest BCUT2D eigenvalue weighted by molar-refractivity contribution is 9.08. The molecule has 0 N–H and O–H groups in total. The van der Waals surface area contributed by atoms with Crippen LogP contribution in [-0.4, -0.2) is 34.1 Å². The summed E-state index contributed by atoms with van der Waals surface area (Å²) in [5.41, 5.74) is 1.12. The van der Waals surface area contributed by atoms with Gasteiger partial charge >= 0.3 is 0 Å². The van der Waals surface area contributed by atoms with Crippen LogP contribution in [0.25, 0.3) is 0 Å². The Kier molecular flexibility index (Phi) is 3.86. The summed E-state index contributed by atoms with van der Waals surface area (Å²) in [4.78, 5) is 11.1. The van der Waals surface area contributed by atoms with Crippen molar-refractivity contribution in [3.8, 4) is 0 Å². The van der Waals surface area contributed by atoms with E-state index in [4.69, 9.17) is 0 Å². The van der Waals surface area contributed by atoms with Crippen molar-refractivity contribution in [2.24, 2.45) is 0 Å². The smallest absolute Gasteiger partial charge is 0.225 e. The standard InChI is InChI=1S/C10H14BrN3S/c1-8-7-15-3-2-14(8)10-12-5-9(4-11)6-13-10/h5-6,8H,2-4,7H2,1H3. The van der Waals surface area contributed by atoms with Crippen LogP contribution in [0, 0.1) is 0 Å². The zero-order valence-electron chi connectivity index (χ0n) is 8.69. The van der Waals surface area contributed by atoms with Gasteiger partial charge in [0.25, 0.3) is 0 Å². The highest BCUT2D eigenvalue weighted by Gasteiger charge is 2.20. The number of thioether (sulfide) groups is 1. The molecule has 0 amide bonds. The van der Waals surface area contributed by atoms with Crippen molar-refractivity contribution in [3.05, 3.63) is 18.0 Å². The molecule has 1 aromatic rings. The maximum Gasteiger partial charge on any atom is 0.225 e. The Hall–Kier alpha value is -0.290. The lowest BCUT2D eigenvalue weighted by atomic mass is 10.3. The molecule has 1 saturated heterocycles. The Morgan fingerprint density at radius 1 is 1.53 bits per heavy atom. The molecule has 0 aliphatic carbocycles. The van der Waals surface area contributed by atoms with E-state index in [0.29, 0.717) is 6.04 Å². The van der Waals surface area contributed by atoms with Crippen molar-refractivity contribution in [2.45, 2.75) is 18.3 Å². The maximum atomic E-state index is 4.40. The highest BCUT2D eigenvalue weighted by atomic mass is 79.9. The molecular weight excluding hydrogens is 274 g/mol. The topological polar surface area (TPSA) is 29.0 Å². The normalized spacial score (nSPS) is 21.7. The van der Waals surface area contributed by atoms with Gasteiger partial charge in [-0.05, 0) is 12.5 Å². The van der Waals surface area contributed by atoms with Crippen LogP contribution in [0.4, 0.5) is 5.95 Å². The van der Waals surface area contributed by atoms with Crippen LogP contribution in [0.15, 0.2) is 12.4 Å². The van der Waals surface area contributed by atoms with Gasteiger partial charge in [0.2, 0.25) is 5.95 Å². The third-order valence-electron chi connectivity index (χ3n) is 2.47. The van der Waals surface area contributed by atoms with E-state index in [0.717, 1.165) is 23.4 Å². The SMILES string of the molecule is CC1CSCCN1c1ncc(CBr)cn1. The first-order valence-electron chi connectivity index (χ1n) is 5.02. The summed E-state index contributed by atoms with van der Waals surface area (Å²) >= 11 is 5.40. The van der Waals surface area contributed by atoms with Crippen LogP contribution in [0.3, 0.4) is 0 Å². The first-order chi connectivity index (χ1) is 7.31. The average molecular weight is 288 g/mol. The molecule has 2 heterocycles. The van der Waals surface area contributed by atoms with E-state index in [9.17, 15) is 0 Å². The van der Waals surface area contributed by atoms with Gasteiger partial charge in [-0.3, -0.25) is 0 Å². The lowest BCUT2D eigenvalue weighted by Crippen LogP contribution is -2.41. The number of nitrogens with zero attached hydrogens (tertiary/aromatic N) is 3. The van der Waals surface area contributed by atoms with Gasteiger partial charge in [-0.2, -0.15) is 11.8 Å². The quantitative estimate of drug-likeness (QED) is 0.781. The molecule has 1 fully saturated rings. The molecule has 5 heteroatoms. The van der Waals surface area contributed by atoms with Gasteiger partial charge in [0.15, 0.2) is 0 Å². The van der Waals surface area contributed by atoms with Crippen LogP contribution in [0.1, 0.15) is 12.5 Å². The lowest BCUT2D eigenvalue weighted by molar-refractivity contribution is 0.677. The van der Waals surface area contributed by atoms with E-state index in [1.165, 1.54) is 11.5 Å². The van der Waals surface area contributed by atoms with Gasteiger partial charge < -0.3 is 4.90 Å². The third kappa shape index (κ3) is 2.64. The molecule has 15 heavy (non-hydrogen) atoms. The molecule has 1 unspecified atom stereocenters. The van der Waals surface area contributed by atoms with E-state index < -0.39 is 0 Å².